The highest BCUT2D eigenvalue weighted by atomic mass is 79.9. The van der Waals surface area contributed by atoms with Crippen molar-refractivity contribution in [3.63, 3.8) is 0 Å². The summed E-state index contributed by atoms with van der Waals surface area (Å²) in [6, 6.07) is 1.61. The lowest BCUT2D eigenvalue weighted by Crippen LogP contribution is -2.32. The first-order chi connectivity index (χ1) is 8.52. The molecule has 7 heteroatoms. The van der Waals surface area contributed by atoms with Crippen molar-refractivity contribution < 1.29 is 13.5 Å². The average molecular weight is 324 g/mol. The molecule has 1 aromatic rings. The second-order valence-corrected chi connectivity index (χ2v) is 4.68. The molecule has 1 aromatic heterocycles. The van der Waals surface area contributed by atoms with Crippen LogP contribution in [0.2, 0.25) is 0 Å². The number of hydrogen-bond donors (Lipinski definition) is 0. The number of halogens is 3. The zero-order chi connectivity index (χ0) is 13.5. The van der Waals surface area contributed by atoms with Crippen LogP contribution in [0.4, 0.5) is 14.7 Å². The van der Waals surface area contributed by atoms with Crippen molar-refractivity contribution in [1.82, 2.24) is 9.97 Å². The number of hydrogen-bond acceptors (Lipinski definition) is 4. The lowest BCUT2D eigenvalue weighted by atomic mass is 10.5. The van der Waals surface area contributed by atoms with Crippen LogP contribution in [0.3, 0.4) is 0 Å². The molecule has 0 aliphatic rings. The fraction of sp³-hybridized carbons (Fsp3) is 0.636. The molecule has 0 radical (unpaired) electrons. The maximum absolute atomic E-state index is 12.5. The Morgan fingerprint density at radius 3 is 2.72 bits per heavy atom. The predicted octanol–water partition coefficient (Wildman–Crippen LogP) is 2.73. The first-order valence-corrected chi connectivity index (χ1v) is 6.74. The molecule has 0 atom stereocenters. The molecule has 0 unspecified atom stereocenters. The zero-order valence-corrected chi connectivity index (χ0v) is 11.9. The first kappa shape index (κ1) is 15.1. The standard InChI is InChI=1S/C11H16BrF2N3O/c1-8(2)18-10-3-5-15-11(16-10)17(6-4-12)7-9(13)14/h3,5,8-9H,4,6-7H2,1-2H3. The lowest BCUT2D eigenvalue weighted by molar-refractivity contribution is 0.154. The summed E-state index contributed by atoms with van der Waals surface area (Å²) in [5, 5.41) is 0.568. The van der Waals surface area contributed by atoms with Gasteiger partial charge in [-0.2, -0.15) is 4.98 Å². The van der Waals surface area contributed by atoms with E-state index in [0.717, 1.165) is 0 Å². The minimum absolute atomic E-state index is 0.0209. The quantitative estimate of drug-likeness (QED) is 0.723. The summed E-state index contributed by atoms with van der Waals surface area (Å²) < 4.78 is 30.3. The van der Waals surface area contributed by atoms with Crippen molar-refractivity contribution >= 4 is 21.9 Å². The number of anilines is 1. The van der Waals surface area contributed by atoms with E-state index in [1.54, 1.807) is 6.07 Å². The van der Waals surface area contributed by atoms with Crippen LogP contribution in [-0.2, 0) is 0 Å². The molecule has 1 rings (SSSR count). The summed E-state index contributed by atoms with van der Waals surface area (Å²) in [5.74, 6) is 0.650. The van der Waals surface area contributed by atoms with Crippen LogP contribution in [-0.4, -0.2) is 40.9 Å². The summed E-state index contributed by atoms with van der Waals surface area (Å²) >= 11 is 3.22. The van der Waals surface area contributed by atoms with Crippen molar-refractivity contribution in [2.24, 2.45) is 0 Å². The Labute approximate surface area is 113 Å². The molecule has 1 heterocycles. The molecule has 18 heavy (non-hydrogen) atoms. The zero-order valence-electron chi connectivity index (χ0n) is 10.3. The Balaban J connectivity index is 2.83. The SMILES string of the molecule is CC(C)Oc1ccnc(N(CCBr)CC(F)F)n1. The van der Waals surface area contributed by atoms with E-state index in [4.69, 9.17) is 4.74 Å². The molecule has 0 saturated carbocycles. The summed E-state index contributed by atoms with van der Waals surface area (Å²) in [6.45, 7) is 3.76. The van der Waals surface area contributed by atoms with Crippen molar-refractivity contribution in [2.45, 2.75) is 26.4 Å². The predicted molar refractivity (Wildman–Crippen MR) is 69.8 cm³/mol. The van der Waals surface area contributed by atoms with Gasteiger partial charge in [0.25, 0.3) is 6.43 Å². The molecular weight excluding hydrogens is 308 g/mol. The van der Waals surface area contributed by atoms with E-state index in [9.17, 15) is 8.78 Å². The smallest absolute Gasteiger partial charge is 0.255 e. The second kappa shape index (κ2) is 7.45. The molecule has 0 spiro atoms. The topological polar surface area (TPSA) is 38.2 Å². The monoisotopic (exact) mass is 323 g/mol. The summed E-state index contributed by atoms with van der Waals surface area (Å²) in [7, 11) is 0. The maximum Gasteiger partial charge on any atom is 0.255 e. The van der Waals surface area contributed by atoms with Crippen molar-refractivity contribution in [3.05, 3.63) is 12.3 Å². The number of aromatic nitrogens is 2. The number of nitrogens with zero attached hydrogens (tertiary/aromatic N) is 3. The first-order valence-electron chi connectivity index (χ1n) is 5.61. The Hall–Kier alpha value is -0.980. The minimum Gasteiger partial charge on any atom is -0.475 e. The molecule has 0 saturated heterocycles. The largest absolute Gasteiger partial charge is 0.475 e. The molecule has 0 aliphatic carbocycles. The third-order valence-corrected chi connectivity index (χ3v) is 2.32. The van der Waals surface area contributed by atoms with Gasteiger partial charge >= 0.3 is 0 Å². The molecule has 0 aromatic carbocycles. The van der Waals surface area contributed by atoms with Gasteiger partial charge in [0.2, 0.25) is 11.8 Å². The van der Waals surface area contributed by atoms with Crippen LogP contribution in [0.15, 0.2) is 12.3 Å². The van der Waals surface area contributed by atoms with E-state index < -0.39 is 13.0 Å². The van der Waals surface area contributed by atoms with Crippen LogP contribution in [0, 0.1) is 0 Å². The lowest BCUT2D eigenvalue weighted by Gasteiger charge is -2.21. The number of rotatable bonds is 7. The molecule has 0 N–H and O–H groups in total. The molecular formula is C11H16BrF2N3O. The van der Waals surface area contributed by atoms with Gasteiger partial charge in [-0.1, -0.05) is 15.9 Å². The van der Waals surface area contributed by atoms with Gasteiger partial charge < -0.3 is 9.64 Å². The summed E-state index contributed by atoms with van der Waals surface area (Å²) in [6.07, 6.45) is -0.943. The van der Waals surface area contributed by atoms with Crippen molar-refractivity contribution in [1.29, 1.82) is 0 Å². The third kappa shape index (κ3) is 5.12. The number of ether oxygens (including phenoxy) is 1. The second-order valence-electron chi connectivity index (χ2n) is 3.89. The van der Waals surface area contributed by atoms with Crippen LogP contribution in [0.25, 0.3) is 0 Å². The Morgan fingerprint density at radius 2 is 2.17 bits per heavy atom. The highest BCUT2D eigenvalue weighted by molar-refractivity contribution is 9.09. The van der Waals surface area contributed by atoms with Crippen molar-refractivity contribution in [2.75, 3.05) is 23.3 Å². The summed E-state index contributed by atoms with van der Waals surface area (Å²) in [4.78, 5) is 9.55. The highest BCUT2D eigenvalue weighted by Crippen LogP contribution is 2.15. The van der Waals surface area contributed by atoms with Crippen LogP contribution >= 0.6 is 15.9 Å². The summed E-state index contributed by atoms with van der Waals surface area (Å²) in [5.41, 5.74) is 0. The Morgan fingerprint density at radius 1 is 1.44 bits per heavy atom. The molecule has 0 amide bonds. The molecule has 4 nitrogen and oxygen atoms in total. The Bertz CT molecular complexity index is 366. The van der Waals surface area contributed by atoms with E-state index in [1.807, 2.05) is 13.8 Å². The average Bonchev–Trinajstić information content (AvgIpc) is 2.27. The van der Waals surface area contributed by atoms with Gasteiger partial charge in [0.05, 0.1) is 12.6 Å². The Kier molecular flexibility index (Phi) is 6.24. The normalized spacial score (nSPS) is 11.1. The van der Waals surface area contributed by atoms with Gasteiger partial charge in [0.1, 0.15) is 0 Å². The molecule has 0 fully saturated rings. The highest BCUT2D eigenvalue weighted by Gasteiger charge is 2.15. The van der Waals surface area contributed by atoms with E-state index >= 15 is 0 Å². The van der Waals surface area contributed by atoms with Crippen LogP contribution in [0.5, 0.6) is 5.88 Å². The molecule has 102 valence electrons. The van der Waals surface area contributed by atoms with Gasteiger partial charge in [-0.3, -0.25) is 0 Å². The van der Waals surface area contributed by atoms with Crippen LogP contribution < -0.4 is 9.64 Å². The van der Waals surface area contributed by atoms with Gasteiger partial charge in [-0.15, -0.1) is 0 Å². The molecule has 0 bridgehead atoms. The van der Waals surface area contributed by atoms with Crippen LogP contribution in [0.1, 0.15) is 13.8 Å². The minimum atomic E-state index is -2.43. The van der Waals surface area contributed by atoms with Gasteiger partial charge in [-0.05, 0) is 13.8 Å². The van der Waals surface area contributed by atoms with Gasteiger partial charge in [-0.25, -0.2) is 13.8 Å². The van der Waals surface area contributed by atoms with Gasteiger partial charge in [0, 0.05) is 24.1 Å². The fourth-order valence-electron chi connectivity index (χ4n) is 1.33. The maximum atomic E-state index is 12.5. The molecule has 0 aliphatic heterocycles. The fourth-order valence-corrected chi connectivity index (χ4v) is 1.76. The van der Waals surface area contributed by atoms with E-state index in [2.05, 4.69) is 25.9 Å². The van der Waals surface area contributed by atoms with E-state index in [1.165, 1.54) is 11.1 Å². The third-order valence-electron chi connectivity index (χ3n) is 1.97. The van der Waals surface area contributed by atoms with E-state index in [0.29, 0.717) is 17.8 Å². The number of alkyl halides is 3. The van der Waals surface area contributed by atoms with E-state index in [-0.39, 0.29) is 12.1 Å². The van der Waals surface area contributed by atoms with Gasteiger partial charge in [0.15, 0.2) is 0 Å². The van der Waals surface area contributed by atoms with Crippen molar-refractivity contribution in [3.8, 4) is 5.88 Å².